The zero-order chi connectivity index (χ0) is 28.3. The summed E-state index contributed by atoms with van der Waals surface area (Å²) < 4.78 is 10.9. The molecule has 1 amide bonds. The van der Waals surface area contributed by atoms with Gasteiger partial charge in [0.1, 0.15) is 30.5 Å². The molecule has 1 heterocycles. The van der Waals surface area contributed by atoms with Crippen LogP contribution in [0.5, 0.6) is 0 Å². The Morgan fingerprint density at radius 1 is 0.816 bits per heavy atom. The first-order valence-electron chi connectivity index (χ1n) is 14.8. The van der Waals surface area contributed by atoms with E-state index in [0.29, 0.717) is 12.8 Å². The van der Waals surface area contributed by atoms with Crippen LogP contribution in [0.25, 0.3) is 0 Å². The number of aliphatic hydroxyl groups is 6. The molecule has 0 radical (unpaired) electrons. The van der Waals surface area contributed by atoms with E-state index >= 15 is 0 Å². The number of aliphatic hydroxyl groups excluding tert-OH is 6. The Hall–Kier alpha value is -0.850. The number of carbonyl (C=O) groups excluding carboxylic acids is 1. The number of amides is 1. The summed E-state index contributed by atoms with van der Waals surface area (Å²) in [5, 5.41) is 63.5. The van der Waals surface area contributed by atoms with Crippen molar-refractivity contribution in [3.8, 4) is 0 Å². The summed E-state index contributed by atoms with van der Waals surface area (Å²) in [5.74, 6) is -0.313. The van der Waals surface area contributed by atoms with E-state index in [4.69, 9.17) is 9.47 Å². The summed E-state index contributed by atoms with van der Waals surface area (Å²) >= 11 is 0. The number of nitrogens with one attached hydrogen (secondary N) is 1. The van der Waals surface area contributed by atoms with Gasteiger partial charge < -0.3 is 45.4 Å². The topological polar surface area (TPSA) is 169 Å². The van der Waals surface area contributed by atoms with Crippen molar-refractivity contribution in [1.82, 2.24) is 5.32 Å². The maximum atomic E-state index is 12.2. The minimum absolute atomic E-state index is 0.234. The van der Waals surface area contributed by atoms with Crippen molar-refractivity contribution in [2.24, 2.45) is 0 Å². The maximum Gasteiger partial charge on any atom is 0.220 e. The molecule has 1 aliphatic rings. The molecular weight excluding hydrogens is 494 g/mol. The van der Waals surface area contributed by atoms with Crippen LogP contribution in [0.3, 0.4) is 0 Å². The summed E-state index contributed by atoms with van der Waals surface area (Å²) in [7, 11) is 0. The Labute approximate surface area is 228 Å². The van der Waals surface area contributed by atoms with E-state index in [9.17, 15) is 35.4 Å². The second-order valence-corrected chi connectivity index (χ2v) is 10.7. The number of unbranched alkanes of at least 4 members (excludes halogenated alkanes) is 11. The van der Waals surface area contributed by atoms with Crippen LogP contribution in [0.2, 0.25) is 0 Å². The third kappa shape index (κ3) is 13.5. The Morgan fingerprint density at radius 2 is 1.37 bits per heavy atom. The van der Waals surface area contributed by atoms with Crippen molar-refractivity contribution in [2.45, 2.75) is 159 Å². The monoisotopic (exact) mass is 549 g/mol. The molecule has 0 aromatic rings. The van der Waals surface area contributed by atoms with Crippen LogP contribution in [0.1, 0.15) is 110 Å². The second kappa shape index (κ2) is 21.0. The van der Waals surface area contributed by atoms with Crippen molar-refractivity contribution in [2.75, 3.05) is 13.2 Å². The van der Waals surface area contributed by atoms with E-state index < -0.39 is 55.6 Å². The zero-order valence-corrected chi connectivity index (χ0v) is 23.5. The van der Waals surface area contributed by atoms with E-state index in [2.05, 4.69) is 12.2 Å². The normalized spacial score (nSPS) is 26.2. The lowest BCUT2D eigenvalue weighted by Crippen LogP contribution is -2.60. The van der Waals surface area contributed by atoms with Gasteiger partial charge >= 0.3 is 0 Å². The number of carbonyl (C=O) groups is 1. The van der Waals surface area contributed by atoms with Gasteiger partial charge in [-0.2, -0.15) is 0 Å². The molecule has 0 unspecified atom stereocenters. The molecule has 0 aromatic heterocycles. The number of hydrogen-bond acceptors (Lipinski definition) is 9. The van der Waals surface area contributed by atoms with Gasteiger partial charge in [-0.25, -0.2) is 0 Å². The van der Waals surface area contributed by atoms with Crippen LogP contribution in [-0.2, 0) is 14.3 Å². The van der Waals surface area contributed by atoms with Crippen LogP contribution in [0.4, 0.5) is 0 Å². The molecule has 0 aromatic carbocycles. The highest BCUT2D eigenvalue weighted by Gasteiger charge is 2.44. The molecule has 38 heavy (non-hydrogen) atoms. The summed E-state index contributed by atoms with van der Waals surface area (Å²) in [6, 6.07) is -0.978. The summed E-state index contributed by atoms with van der Waals surface area (Å²) in [4.78, 5) is 12.2. The first-order chi connectivity index (χ1) is 18.3. The lowest BCUT2D eigenvalue weighted by molar-refractivity contribution is -0.303. The lowest BCUT2D eigenvalue weighted by atomic mass is 9.98. The van der Waals surface area contributed by atoms with Gasteiger partial charge in [0.15, 0.2) is 6.29 Å². The molecule has 0 bridgehead atoms. The van der Waals surface area contributed by atoms with Crippen LogP contribution in [0.15, 0.2) is 0 Å². The van der Waals surface area contributed by atoms with Crippen molar-refractivity contribution >= 4 is 5.91 Å². The molecule has 1 saturated heterocycles. The van der Waals surface area contributed by atoms with Gasteiger partial charge in [0, 0.05) is 6.42 Å². The maximum absolute atomic E-state index is 12.2. The van der Waals surface area contributed by atoms with Crippen molar-refractivity contribution in [1.29, 1.82) is 0 Å². The predicted molar refractivity (Wildman–Crippen MR) is 144 cm³/mol. The fourth-order valence-electron chi connectivity index (χ4n) is 4.77. The van der Waals surface area contributed by atoms with Gasteiger partial charge in [-0.15, -0.1) is 0 Å². The average molecular weight is 550 g/mol. The van der Waals surface area contributed by atoms with Gasteiger partial charge in [-0.1, -0.05) is 90.9 Å². The Bertz CT molecular complexity index is 595. The van der Waals surface area contributed by atoms with Gasteiger partial charge in [0.05, 0.1) is 25.4 Å². The second-order valence-electron chi connectivity index (χ2n) is 10.7. The highest BCUT2D eigenvalue weighted by Crippen LogP contribution is 2.23. The molecule has 7 N–H and O–H groups in total. The van der Waals surface area contributed by atoms with Gasteiger partial charge in [-0.05, 0) is 12.8 Å². The van der Waals surface area contributed by atoms with Crippen LogP contribution in [-0.4, -0.2) is 98.7 Å². The summed E-state index contributed by atoms with van der Waals surface area (Å²) in [5.41, 5.74) is 0. The van der Waals surface area contributed by atoms with Crippen LogP contribution >= 0.6 is 0 Å². The highest BCUT2D eigenvalue weighted by atomic mass is 16.7. The minimum atomic E-state index is -1.60. The van der Waals surface area contributed by atoms with E-state index in [1.807, 2.05) is 6.92 Å². The van der Waals surface area contributed by atoms with E-state index in [1.54, 1.807) is 0 Å². The van der Waals surface area contributed by atoms with Crippen LogP contribution in [0, 0.1) is 0 Å². The molecule has 1 rings (SSSR count). The SMILES string of the molecule is CCCCCCCCCCCCCC[C@@H](O)[C@@H](O)[C@H](CO[C@H]1O[C@H](CO)[C@H](O)[C@H](O)[C@H]1O)NC(=O)CCC. The number of ether oxygens (including phenoxy) is 2. The Kier molecular flexibility index (Phi) is 19.4. The van der Waals surface area contributed by atoms with Crippen molar-refractivity contribution in [3.63, 3.8) is 0 Å². The fourth-order valence-corrected chi connectivity index (χ4v) is 4.77. The largest absolute Gasteiger partial charge is 0.394 e. The Morgan fingerprint density at radius 3 is 1.89 bits per heavy atom. The third-order valence-corrected chi connectivity index (χ3v) is 7.27. The number of rotatable bonds is 22. The fraction of sp³-hybridized carbons (Fsp3) is 0.964. The molecule has 0 spiro atoms. The lowest BCUT2D eigenvalue weighted by Gasteiger charge is -2.40. The van der Waals surface area contributed by atoms with E-state index in [-0.39, 0.29) is 18.9 Å². The molecule has 1 aliphatic heterocycles. The number of hydrogen-bond donors (Lipinski definition) is 7. The Balaban J connectivity index is 2.43. The summed E-state index contributed by atoms with van der Waals surface area (Å²) in [6.45, 7) is 3.17. The standard InChI is InChI=1S/C28H55NO9/c1-3-5-6-7-8-9-10-11-12-13-14-15-17-21(31)24(33)20(29-23(32)16-4-2)19-37-28-27(36)26(35)25(34)22(18-30)38-28/h20-22,24-28,30-31,33-36H,3-19H2,1-2H3,(H,29,32)/t20-,21+,22+,24-,25-,26-,27+,28-/m0/s1. The van der Waals surface area contributed by atoms with Crippen molar-refractivity contribution < 1.29 is 44.9 Å². The highest BCUT2D eigenvalue weighted by molar-refractivity contribution is 5.76. The molecule has 10 nitrogen and oxygen atoms in total. The quantitative estimate of drug-likeness (QED) is 0.0997. The molecule has 0 aliphatic carbocycles. The molecule has 226 valence electrons. The summed E-state index contributed by atoms with van der Waals surface area (Å²) in [6.07, 6.45) is 5.91. The first kappa shape index (κ1) is 35.2. The predicted octanol–water partition coefficient (Wildman–Crippen LogP) is 1.90. The molecule has 1 fully saturated rings. The van der Waals surface area contributed by atoms with Crippen molar-refractivity contribution in [3.05, 3.63) is 0 Å². The molecular formula is C28H55NO9. The molecule has 10 heteroatoms. The zero-order valence-electron chi connectivity index (χ0n) is 23.5. The average Bonchev–Trinajstić information content (AvgIpc) is 2.90. The third-order valence-electron chi connectivity index (χ3n) is 7.27. The smallest absolute Gasteiger partial charge is 0.220 e. The minimum Gasteiger partial charge on any atom is -0.394 e. The van der Waals surface area contributed by atoms with Gasteiger partial charge in [-0.3, -0.25) is 4.79 Å². The molecule has 0 saturated carbocycles. The van der Waals surface area contributed by atoms with E-state index in [0.717, 1.165) is 25.7 Å². The van der Waals surface area contributed by atoms with E-state index in [1.165, 1.54) is 51.4 Å². The van der Waals surface area contributed by atoms with Crippen LogP contribution < -0.4 is 5.32 Å². The van der Waals surface area contributed by atoms with Gasteiger partial charge in [0.25, 0.3) is 0 Å². The molecule has 8 atom stereocenters. The first-order valence-corrected chi connectivity index (χ1v) is 14.8. The van der Waals surface area contributed by atoms with Gasteiger partial charge in [0.2, 0.25) is 5.91 Å².